The highest BCUT2D eigenvalue weighted by Gasteiger charge is 2.39. The lowest BCUT2D eigenvalue weighted by atomic mass is 9.83. The van der Waals surface area contributed by atoms with Crippen LogP contribution in [-0.2, 0) is 23.1 Å². The molecule has 1 aromatic rings. The van der Waals surface area contributed by atoms with Gasteiger partial charge in [0.15, 0.2) is 0 Å². The lowest BCUT2D eigenvalue weighted by Gasteiger charge is -2.47. The molecule has 2 atom stereocenters. The molecule has 0 aromatic carbocycles. The first-order chi connectivity index (χ1) is 12.1. The minimum atomic E-state index is 0.235. The van der Waals surface area contributed by atoms with Gasteiger partial charge in [0.2, 0.25) is 11.8 Å². The van der Waals surface area contributed by atoms with E-state index in [9.17, 15) is 9.59 Å². The minimum Gasteiger partial charge on any atom is -0.342 e. The van der Waals surface area contributed by atoms with Gasteiger partial charge in [-0.1, -0.05) is 13.3 Å². The summed E-state index contributed by atoms with van der Waals surface area (Å²) < 4.78 is 1.77. The molecule has 2 aliphatic heterocycles. The average molecular weight is 346 g/mol. The van der Waals surface area contributed by atoms with E-state index < -0.39 is 0 Å². The van der Waals surface area contributed by atoms with Gasteiger partial charge in [-0.25, -0.2) is 0 Å². The molecular formula is C19H30N4O2. The Hall–Kier alpha value is -1.85. The Labute approximate surface area is 150 Å². The summed E-state index contributed by atoms with van der Waals surface area (Å²) in [7, 11) is 1.89. The second kappa shape index (κ2) is 8.02. The molecule has 2 saturated heterocycles. The van der Waals surface area contributed by atoms with Gasteiger partial charge < -0.3 is 9.80 Å². The maximum absolute atomic E-state index is 12.6. The molecule has 0 N–H and O–H groups in total. The molecule has 2 fully saturated rings. The van der Waals surface area contributed by atoms with E-state index in [1.165, 1.54) is 0 Å². The van der Waals surface area contributed by atoms with Crippen molar-refractivity contribution >= 4 is 11.8 Å². The molecular weight excluding hydrogens is 316 g/mol. The zero-order valence-electron chi connectivity index (χ0n) is 15.5. The van der Waals surface area contributed by atoms with Crippen LogP contribution in [0.4, 0.5) is 0 Å². The van der Waals surface area contributed by atoms with Gasteiger partial charge >= 0.3 is 0 Å². The molecule has 2 aliphatic rings. The summed E-state index contributed by atoms with van der Waals surface area (Å²) >= 11 is 0. The summed E-state index contributed by atoms with van der Waals surface area (Å²) in [5.74, 6) is 0.996. The van der Waals surface area contributed by atoms with E-state index in [1.807, 2.05) is 24.3 Å². The Balaban J connectivity index is 1.53. The number of unbranched alkanes of at least 4 members (excludes halogenated alkanes) is 1. The van der Waals surface area contributed by atoms with Crippen molar-refractivity contribution in [3.05, 3.63) is 18.0 Å². The second-order valence-electron chi connectivity index (χ2n) is 7.46. The molecule has 6 nitrogen and oxygen atoms in total. The Bertz CT molecular complexity index is 612. The highest BCUT2D eigenvalue weighted by molar-refractivity contribution is 5.78. The normalized spacial score (nSPS) is 23.7. The molecule has 0 aliphatic carbocycles. The molecule has 0 unspecified atom stereocenters. The van der Waals surface area contributed by atoms with Crippen molar-refractivity contribution in [2.24, 2.45) is 13.0 Å². The van der Waals surface area contributed by atoms with Gasteiger partial charge in [0, 0.05) is 51.8 Å². The minimum absolute atomic E-state index is 0.235. The largest absolute Gasteiger partial charge is 0.342 e. The Kier molecular flexibility index (Phi) is 5.76. The molecule has 0 spiro atoms. The summed E-state index contributed by atoms with van der Waals surface area (Å²) in [6, 6.07) is 0.343. The van der Waals surface area contributed by atoms with E-state index in [-0.39, 0.29) is 5.91 Å². The number of likely N-dealkylation sites (tertiary alicyclic amines) is 2. The van der Waals surface area contributed by atoms with Gasteiger partial charge in [0.1, 0.15) is 0 Å². The molecule has 0 bridgehead atoms. The van der Waals surface area contributed by atoms with Gasteiger partial charge in [-0.2, -0.15) is 5.10 Å². The number of hydrogen-bond donors (Lipinski definition) is 0. The van der Waals surface area contributed by atoms with Crippen molar-refractivity contribution in [3.63, 3.8) is 0 Å². The number of carbonyl (C=O) groups is 2. The summed E-state index contributed by atoms with van der Waals surface area (Å²) in [6.07, 6.45) is 9.78. The average Bonchev–Trinajstić information content (AvgIpc) is 3.04. The quantitative estimate of drug-likeness (QED) is 0.791. The number of nitrogens with zero attached hydrogens (tertiary/aromatic N) is 4. The smallest absolute Gasteiger partial charge is 0.222 e. The Morgan fingerprint density at radius 3 is 2.92 bits per heavy atom. The molecule has 2 amide bonds. The zero-order chi connectivity index (χ0) is 17.8. The number of amides is 2. The molecule has 0 radical (unpaired) electrons. The van der Waals surface area contributed by atoms with E-state index >= 15 is 0 Å². The molecule has 3 heterocycles. The maximum Gasteiger partial charge on any atom is 0.222 e. The third kappa shape index (κ3) is 4.22. The predicted molar refractivity (Wildman–Crippen MR) is 95.9 cm³/mol. The molecule has 138 valence electrons. The van der Waals surface area contributed by atoms with Crippen molar-refractivity contribution in [2.75, 3.05) is 19.6 Å². The van der Waals surface area contributed by atoms with Crippen molar-refractivity contribution < 1.29 is 9.59 Å². The first-order valence-corrected chi connectivity index (χ1v) is 9.63. The van der Waals surface area contributed by atoms with Crippen LogP contribution in [0.15, 0.2) is 12.4 Å². The van der Waals surface area contributed by atoms with Crippen molar-refractivity contribution in [2.45, 2.75) is 57.9 Å². The van der Waals surface area contributed by atoms with Gasteiger partial charge in [-0.15, -0.1) is 0 Å². The van der Waals surface area contributed by atoms with Gasteiger partial charge in [0.25, 0.3) is 0 Å². The van der Waals surface area contributed by atoms with E-state index in [2.05, 4.69) is 16.9 Å². The molecule has 3 rings (SSSR count). The lowest BCUT2D eigenvalue weighted by Crippen LogP contribution is -2.57. The highest BCUT2D eigenvalue weighted by atomic mass is 16.2. The molecule has 1 aromatic heterocycles. The fraction of sp³-hybridized carbons (Fsp3) is 0.737. The van der Waals surface area contributed by atoms with Crippen LogP contribution in [0.2, 0.25) is 0 Å². The van der Waals surface area contributed by atoms with Crippen LogP contribution in [0.3, 0.4) is 0 Å². The van der Waals surface area contributed by atoms with E-state index in [1.54, 1.807) is 4.68 Å². The van der Waals surface area contributed by atoms with Crippen LogP contribution < -0.4 is 0 Å². The monoisotopic (exact) mass is 346 g/mol. The Morgan fingerprint density at radius 2 is 2.20 bits per heavy atom. The summed E-state index contributed by atoms with van der Waals surface area (Å²) in [6.45, 7) is 4.64. The Morgan fingerprint density at radius 1 is 1.36 bits per heavy atom. The number of fused-ring (bicyclic) bond motifs is 1. The highest BCUT2D eigenvalue weighted by Crippen LogP contribution is 2.31. The summed E-state index contributed by atoms with van der Waals surface area (Å²) in [4.78, 5) is 29.0. The maximum atomic E-state index is 12.6. The molecule has 25 heavy (non-hydrogen) atoms. The number of carbonyl (C=O) groups excluding carboxylic acids is 2. The van der Waals surface area contributed by atoms with Crippen LogP contribution in [0, 0.1) is 5.92 Å². The van der Waals surface area contributed by atoms with E-state index in [4.69, 9.17) is 0 Å². The number of aromatic nitrogens is 2. The first-order valence-electron chi connectivity index (χ1n) is 9.63. The van der Waals surface area contributed by atoms with Crippen LogP contribution >= 0.6 is 0 Å². The fourth-order valence-electron chi connectivity index (χ4n) is 4.21. The third-order valence-corrected chi connectivity index (χ3v) is 5.63. The van der Waals surface area contributed by atoms with Gasteiger partial charge in [-0.3, -0.25) is 14.3 Å². The number of aryl methyl sites for hydroxylation is 2. The van der Waals surface area contributed by atoms with E-state index in [0.717, 1.165) is 57.3 Å². The van der Waals surface area contributed by atoms with Crippen molar-refractivity contribution in [3.8, 4) is 0 Å². The number of piperidine rings is 2. The van der Waals surface area contributed by atoms with Gasteiger partial charge in [-0.05, 0) is 37.2 Å². The lowest BCUT2D eigenvalue weighted by molar-refractivity contribution is -0.144. The van der Waals surface area contributed by atoms with Crippen LogP contribution in [-0.4, -0.2) is 57.1 Å². The molecule has 6 heteroatoms. The SMILES string of the molecule is CCCCN1C(=O)CC[C@H]2CN(C(=O)CCc3cnn(C)c3)CC[C@H]21. The topological polar surface area (TPSA) is 58.4 Å². The standard InChI is InChI=1S/C19H30N4O2/c1-3-4-10-23-17-9-11-22(14-16(17)6-8-19(23)25)18(24)7-5-15-12-20-21(2)13-15/h12-13,16-17H,3-11,14H2,1-2H3/t16-,17+/m0/s1. The second-order valence-corrected chi connectivity index (χ2v) is 7.46. The number of hydrogen-bond acceptors (Lipinski definition) is 3. The fourth-order valence-corrected chi connectivity index (χ4v) is 4.21. The zero-order valence-corrected chi connectivity index (χ0v) is 15.5. The van der Waals surface area contributed by atoms with Crippen LogP contribution in [0.5, 0.6) is 0 Å². The van der Waals surface area contributed by atoms with Gasteiger partial charge in [0.05, 0.1) is 6.20 Å². The summed E-state index contributed by atoms with van der Waals surface area (Å²) in [5, 5.41) is 4.16. The van der Waals surface area contributed by atoms with Crippen molar-refractivity contribution in [1.82, 2.24) is 19.6 Å². The van der Waals surface area contributed by atoms with E-state index in [0.29, 0.717) is 30.7 Å². The first kappa shape index (κ1) is 18.0. The predicted octanol–water partition coefficient (Wildman–Crippen LogP) is 1.99. The number of rotatable bonds is 6. The van der Waals surface area contributed by atoms with Crippen molar-refractivity contribution in [1.29, 1.82) is 0 Å². The summed E-state index contributed by atoms with van der Waals surface area (Å²) in [5.41, 5.74) is 1.11. The molecule has 0 saturated carbocycles. The van der Waals surface area contributed by atoms with Crippen LogP contribution in [0.25, 0.3) is 0 Å². The third-order valence-electron chi connectivity index (χ3n) is 5.63. The van der Waals surface area contributed by atoms with Crippen LogP contribution in [0.1, 0.15) is 51.0 Å².